The van der Waals surface area contributed by atoms with Gasteiger partial charge in [-0.15, -0.1) is 0 Å². The van der Waals surface area contributed by atoms with Gasteiger partial charge in [0.2, 0.25) is 5.91 Å². The maximum absolute atomic E-state index is 14.5. The maximum atomic E-state index is 14.5. The van der Waals surface area contributed by atoms with Crippen molar-refractivity contribution in [1.29, 1.82) is 0 Å². The molecule has 4 aliphatic carbocycles. The first-order valence-corrected chi connectivity index (χ1v) is 15.5. The van der Waals surface area contributed by atoms with Crippen molar-refractivity contribution in [1.82, 2.24) is 10.1 Å². The first-order valence-electron chi connectivity index (χ1n) is 15.5. The molecule has 0 spiro atoms. The van der Waals surface area contributed by atoms with Crippen LogP contribution in [0.4, 0.5) is 10.1 Å². The van der Waals surface area contributed by atoms with Gasteiger partial charge in [-0.25, -0.2) is 4.39 Å². The fourth-order valence-electron chi connectivity index (χ4n) is 7.36. The Balaban J connectivity index is 1.25. The molecule has 0 unspecified atom stereocenters. The molecule has 8 nitrogen and oxygen atoms in total. The standard InChI is InChI=1S/C32H45BFN3O5/c1-27(2,34)26-35-25(36-40-26)32-14-11-31(12-15-32,13-16-32)20-37(24(38)21-18-30(7,39)19-21)23-10-8-9-22(17-23)33-41-28(3,4)29(5,6)42-33/h8-10,17,21,39H,11-16,18-20H2,1-7H3. The largest absolute Gasteiger partial charge is 0.494 e. The Hall–Kier alpha value is -2.30. The van der Waals surface area contributed by atoms with Gasteiger partial charge >= 0.3 is 7.12 Å². The van der Waals surface area contributed by atoms with E-state index in [2.05, 4.69) is 10.1 Å². The lowest BCUT2D eigenvalue weighted by atomic mass is 9.53. The topological polar surface area (TPSA) is 97.9 Å². The van der Waals surface area contributed by atoms with Gasteiger partial charge in [-0.05, 0) is 123 Å². The van der Waals surface area contributed by atoms with Crippen LogP contribution in [0, 0.1) is 11.3 Å². The molecule has 1 aliphatic heterocycles. The molecule has 0 radical (unpaired) electrons. The number of rotatable bonds is 7. The minimum Gasteiger partial charge on any atom is -0.399 e. The molecule has 1 N–H and O–H groups in total. The Bertz CT molecular complexity index is 1320. The number of carbonyl (C=O) groups excluding carboxylic acids is 1. The summed E-state index contributed by atoms with van der Waals surface area (Å²) in [6, 6.07) is 7.99. The van der Waals surface area contributed by atoms with Crippen LogP contribution < -0.4 is 10.4 Å². The van der Waals surface area contributed by atoms with Crippen molar-refractivity contribution in [2.45, 2.75) is 128 Å². The third-order valence-electron chi connectivity index (χ3n) is 11.0. The molecule has 1 amide bonds. The summed E-state index contributed by atoms with van der Waals surface area (Å²) in [5.41, 5.74) is -1.90. The van der Waals surface area contributed by atoms with E-state index in [-0.39, 0.29) is 28.5 Å². The number of fused-ring (bicyclic) bond motifs is 3. The third kappa shape index (κ3) is 5.11. The lowest BCUT2D eigenvalue weighted by Crippen LogP contribution is -2.55. The number of halogens is 1. The number of alkyl halides is 1. The summed E-state index contributed by atoms with van der Waals surface area (Å²) in [6.07, 6.45) is 6.38. The zero-order valence-corrected chi connectivity index (χ0v) is 26.1. The SMILES string of the molecule is CC1(O)CC(C(=O)N(CC23CCC(c4noc(C(C)(C)F)n4)(CC2)CC3)c2cccc(B3OC(C)(C)C(C)(C)O3)c2)C1. The quantitative estimate of drug-likeness (QED) is 0.440. The molecule has 228 valence electrons. The van der Waals surface area contributed by atoms with E-state index < -0.39 is 29.6 Å². The van der Waals surface area contributed by atoms with Crippen LogP contribution in [0.3, 0.4) is 0 Å². The number of hydrogen-bond donors (Lipinski definition) is 1. The number of carbonyl (C=O) groups is 1. The zero-order chi connectivity index (χ0) is 30.3. The molecule has 1 saturated heterocycles. The summed E-state index contributed by atoms with van der Waals surface area (Å²) in [7, 11) is -0.520. The van der Waals surface area contributed by atoms with Gasteiger partial charge in [0, 0.05) is 23.6 Å². The molecule has 7 rings (SSSR count). The predicted octanol–water partition coefficient (Wildman–Crippen LogP) is 5.36. The highest BCUT2D eigenvalue weighted by Gasteiger charge is 2.54. The molecule has 2 bridgehead atoms. The summed E-state index contributed by atoms with van der Waals surface area (Å²) >= 11 is 0. The molecule has 2 heterocycles. The summed E-state index contributed by atoms with van der Waals surface area (Å²) in [4.78, 5) is 20.5. The van der Waals surface area contributed by atoms with Gasteiger partial charge in [-0.1, -0.05) is 17.3 Å². The molecule has 10 heteroatoms. The second-order valence-corrected chi connectivity index (χ2v) is 15.4. The van der Waals surface area contributed by atoms with Gasteiger partial charge in [0.1, 0.15) is 0 Å². The second-order valence-electron chi connectivity index (χ2n) is 15.4. The summed E-state index contributed by atoms with van der Waals surface area (Å²) < 4.78 is 32.4. The molecule has 0 atom stereocenters. The van der Waals surface area contributed by atoms with Gasteiger partial charge < -0.3 is 23.8 Å². The molecule has 4 saturated carbocycles. The minimum absolute atomic E-state index is 0.0318. The Labute approximate surface area is 248 Å². The van der Waals surface area contributed by atoms with Crippen molar-refractivity contribution in [3.05, 3.63) is 36.0 Å². The average Bonchev–Trinajstić information content (AvgIpc) is 3.50. The van der Waals surface area contributed by atoms with E-state index in [0.717, 1.165) is 49.7 Å². The molecule has 1 aromatic carbocycles. The normalized spacial score (nSPS) is 33.5. The summed E-state index contributed by atoms with van der Waals surface area (Å²) in [6.45, 7) is 13.4. The molecule has 5 fully saturated rings. The highest BCUT2D eigenvalue weighted by molar-refractivity contribution is 6.62. The number of amides is 1. The average molecular weight is 582 g/mol. The van der Waals surface area contributed by atoms with Gasteiger partial charge in [0.05, 0.1) is 16.8 Å². The fourth-order valence-corrected chi connectivity index (χ4v) is 7.36. The summed E-state index contributed by atoms with van der Waals surface area (Å²) in [5.74, 6) is 0.517. The van der Waals surface area contributed by atoms with Crippen LogP contribution in [0.25, 0.3) is 0 Å². The Morgan fingerprint density at radius 1 is 1.05 bits per heavy atom. The molecule has 5 aliphatic rings. The van der Waals surface area contributed by atoms with Crippen LogP contribution in [0.5, 0.6) is 0 Å². The fraction of sp³-hybridized carbons (Fsp3) is 0.719. The summed E-state index contributed by atoms with van der Waals surface area (Å²) in [5, 5.41) is 14.7. The number of anilines is 1. The minimum atomic E-state index is -1.67. The van der Waals surface area contributed by atoms with Crippen LogP contribution in [0.1, 0.15) is 112 Å². The van der Waals surface area contributed by atoms with Crippen LogP contribution in [0.2, 0.25) is 0 Å². The van der Waals surface area contributed by atoms with E-state index in [4.69, 9.17) is 13.8 Å². The number of nitrogens with zero attached hydrogens (tertiary/aromatic N) is 3. The van der Waals surface area contributed by atoms with Crippen LogP contribution >= 0.6 is 0 Å². The molecule has 1 aromatic heterocycles. The Morgan fingerprint density at radius 3 is 2.17 bits per heavy atom. The smallest absolute Gasteiger partial charge is 0.399 e. The van der Waals surface area contributed by atoms with E-state index in [0.29, 0.717) is 25.2 Å². The zero-order valence-electron chi connectivity index (χ0n) is 26.1. The molecular formula is C32H45BFN3O5. The first kappa shape index (κ1) is 29.8. The van der Waals surface area contributed by atoms with Crippen LogP contribution in [0.15, 0.2) is 28.8 Å². The van der Waals surface area contributed by atoms with Crippen molar-refractivity contribution >= 4 is 24.2 Å². The first-order chi connectivity index (χ1) is 19.4. The highest BCUT2D eigenvalue weighted by atomic mass is 19.1. The van der Waals surface area contributed by atoms with E-state index in [1.54, 1.807) is 6.92 Å². The van der Waals surface area contributed by atoms with E-state index in [1.807, 2.05) is 56.9 Å². The molecule has 2 aromatic rings. The molecule has 42 heavy (non-hydrogen) atoms. The van der Waals surface area contributed by atoms with Gasteiger partial charge in [0.15, 0.2) is 11.5 Å². The Morgan fingerprint density at radius 2 is 1.64 bits per heavy atom. The van der Waals surface area contributed by atoms with Crippen molar-refractivity contribution in [3.63, 3.8) is 0 Å². The number of aromatic nitrogens is 2. The number of hydrogen-bond acceptors (Lipinski definition) is 7. The van der Waals surface area contributed by atoms with Gasteiger partial charge in [-0.2, -0.15) is 4.98 Å². The highest BCUT2D eigenvalue weighted by Crippen LogP contribution is 2.58. The number of benzene rings is 1. The van der Waals surface area contributed by atoms with Crippen molar-refractivity contribution in [2.75, 3.05) is 11.4 Å². The van der Waals surface area contributed by atoms with Crippen LogP contribution in [-0.4, -0.2) is 51.6 Å². The van der Waals surface area contributed by atoms with Gasteiger partial charge in [-0.3, -0.25) is 4.79 Å². The lowest BCUT2D eigenvalue weighted by molar-refractivity contribution is -0.137. The van der Waals surface area contributed by atoms with Crippen LogP contribution in [-0.2, 0) is 25.2 Å². The monoisotopic (exact) mass is 581 g/mol. The predicted molar refractivity (Wildman–Crippen MR) is 158 cm³/mol. The lowest BCUT2D eigenvalue weighted by Gasteiger charge is -2.54. The second kappa shape index (κ2) is 9.60. The van der Waals surface area contributed by atoms with Crippen molar-refractivity contribution < 1.29 is 28.1 Å². The van der Waals surface area contributed by atoms with E-state index in [1.165, 1.54) is 13.8 Å². The maximum Gasteiger partial charge on any atom is 0.494 e. The Kier molecular flexibility index (Phi) is 6.80. The van der Waals surface area contributed by atoms with Gasteiger partial charge in [0.25, 0.3) is 5.89 Å². The number of aliphatic hydroxyl groups is 1. The van der Waals surface area contributed by atoms with Crippen molar-refractivity contribution in [3.8, 4) is 0 Å². The molecular weight excluding hydrogens is 536 g/mol. The van der Waals surface area contributed by atoms with Crippen molar-refractivity contribution in [2.24, 2.45) is 11.3 Å². The van der Waals surface area contributed by atoms with E-state index in [9.17, 15) is 14.3 Å². The van der Waals surface area contributed by atoms with E-state index >= 15 is 0 Å². The third-order valence-corrected chi connectivity index (χ3v) is 11.0.